The Morgan fingerprint density at radius 2 is 2.14 bits per heavy atom. The summed E-state index contributed by atoms with van der Waals surface area (Å²) >= 11 is 0. The molecule has 0 aliphatic heterocycles. The van der Waals surface area contributed by atoms with Crippen molar-refractivity contribution in [1.82, 2.24) is 15.5 Å². The van der Waals surface area contributed by atoms with Crippen molar-refractivity contribution in [2.75, 3.05) is 13.7 Å². The third-order valence-electron chi connectivity index (χ3n) is 3.21. The van der Waals surface area contributed by atoms with E-state index in [1.807, 2.05) is 0 Å². The summed E-state index contributed by atoms with van der Waals surface area (Å²) in [5, 5.41) is 21.3. The van der Waals surface area contributed by atoms with Gasteiger partial charge < -0.3 is 19.6 Å². The van der Waals surface area contributed by atoms with Crippen molar-refractivity contribution >= 4 is 0 Å². The summed E-state index contributed by atoms with van der Waals surface area (Å²) < 4.78 is 10.7. The van der Waals surface area contributed by atoms with E-state index >= 15 is 0 Å². The molecule has 2 aromatic rings. The lowest BCUT2D eigenvalue weighted by Gasteiger charge is -2.11. The predicted molar refractivity (Wildman–Crippen MR) is 79.3 cm³/mol. The molecule has 21 heavy (non-hydrogen) atoms. The summed E-state index contributed by atoms with van der Waals surface area (Å²) in [5.41, 5.74) is 0.664. The highest BCUT2D eigenvalue weighted by Crippen LogP contribution is 2.31. The number of nitrogens with one attached hydrogen (secondary N) is 1. The van der Waals surface area contributed by atoms with E-state index in [9.17, 15) is 5.11 Å². The van der Waals surface area contributed by atoms with E-state index in [0.29, 0.717) is 23.1 Å². The first-order valence-corrected chi connectivity index (χ1v) is 7.13. The lowest BCUT2D eigenvalue weighted by Crippen LogP contribution is -2.21. The van der Waals surface area contributed by atoms with Crippen LogP contribution in [0.2, 0.25) is 0 Å². The molecule has 2 rings (SSSR count). The van der Waals surface area contributed by atoms with E-state index in [2.05, 4.69) is 29.4 Å². The molecule has 0 saturated carbocycles. The standard InChI is InChI=1S/C15H21N3O3/c1-4-8-16-11(5-2)15-18-17-14(21-15)10-6-7-13(20-3)12(19)9-10/h6-7,9,11,16,19H,4-5,8H2,1-3H3. The van der Waals surface area contributed by atoms with Crippen LogP contribution in [0.25, 0.3) is 11.5 Å². The van der Waals surface area contributed by atoms with Gasteiger partial charge in [-0.15, -0.1) is 10.2 Å². The van der Waals surface area contributed by atoms with Gasteiger partial charge in [0.2, 0.25) is 11.8 Å². The van der Waals surface area contributed by atoms with Gasteiger partial charge in [0.25, 0.3) is 0 Å². The van der Waals surface area contributed by atoms with Gasteiger partial charge in [-0.25, -0.2) is 0 Å². The molecule has 0 aliphatic carbocycles. The van der Waals surface area contributed by atoms with Crippen molar-refractivity contribution in [3.8, 4) is 23.0 Å². The van der Waals surface area contributed by atoms with Crippen molar-refractivity contribution in [1.29, 1.82) is 0 Å². The van der Waals surface area contributed by atoms with E-state index in [0.717, 1.165) is 19.4 Å². The van der Waals surface area contributed by atoms with Crippen LogP contribution >= 0.6 is 0 Å². The van der Waals surface area contributed by atoms with Gasteiger partial charge >= 0.3 is 0 Å². The average Bonchev–Trinajstić information content (AvgIpc) is 2.98. The van der Waals surface area contributed by atoms with Crippen LogP contribution in [0.15, 0.2) is 22.6 Å². The summed E-state index contributed by atoms with van der Waals surface area (Å²) in [5.74, 6) is 1.41. The van der Waals surface area contributed by atoms with Gasteiger partial charge in [0.1, 0.15) is 0 Å². The molecule has 114 valence electrons. The predicted octanol–water partition coefficient (Wildman–Crippen LogP) is 2.90. The maximum atomic E-state index is 9.80. The van der Waals surface area contributed by atoms with Gasteiger partial charge in [-0.2, -0.15) is 0 Å². The fraction of sp³-hybridized carbons (Fsp3) is 0.467. The first kappa shape index (κ1) is 15.3. The molecular weight excluding hydrogens is 270 g/mol. The number of aromatic nitrogens is 2. The third kappa shape index (κ3) is 3.52. The van der Waals surface area contributed by atoms with Crippen molar-refractivity contribution in [2.45, 2.75) is 32.7 Å². The number of hydrogen-bond acceptors (Lipinski definition) is 6. The first-order chi connectivity index (χ1) is 10.2. The highest BCUT2D eigenvalue weighted by atomic mass is 16.5. The molecule has 6 heteroatoms. The molecule has 0 saturated heterocycles. The van der Waals surface area contributed by atoms with Crippen LogP contribution in [-0.4, -0.2) is 29.0 Å². The van der Waals surface area contributed by atoms with Gasteiger partial charge in [0.15, 0.2) is 11.5 Å². The lowest BCUT2D eigenvalue weighted by molar-refractivity contribution is 0.373. The van der Waals surface area contributed by atoms with Crippen LogP contribution < -0.4 is 10.1 Å². The number of phenolic OH excluding ortho intramolecular Hbond substituents is 1. The average molecular weight is 291 g/mol. The van der Waals surface area contributed by atoms with Gasteiger partial charge in [-0.1, -0.05) is 13.8 Å². The van der Waals surface area contributed by atoms with Crippen molar-refractivity contribution in [2.24, 2.45) is 0 Å². The number of aromatic hydroxyl groups is 1. The number of nitrogens with zero attached hydrogens (tertiary/aromatic N) is 2. The Kier molecular flexibility index (Phi) is 5.16. The van der Waals surface area contributed by atoms with Gasteiger partial charge in [0.05, 0.1) is 13.2 Å². The molecule has 0 aliphatic rings. The van der Waals surface area contributed by atoms with Crippen LogP contribution in [-0.2, 0) is 0 Å². The highest BCUT2D eigenvalue weighted by molar-refractivity contribution is 5.59. The molecule has 1 aromatic carbocycles. The number of hydrogen-bond donors (Lipinski definition) is 2. The van der Waals surface area contributed by atoms with Gasteiger partial charge in [0, 0.05) is 5.56 Å². The maximum absolute atomic E-state index is 9.80. The summed E-state index contributed by atoms with van der Waals surface area (Å²) in [4.78, 5) is 0. The Morgan fingerprint density at radius 3 is 2.76 bits per heavy atom. The minimum atomic E-state index is 0.0471. The van der Waals surface area contributed by atoms with Crippen molar-refractivity contribution in [3.63, 3.8) is 0 Å². The van der Waals surface area contributed by atoms with Crippen LogP contribution in [0.1, 0.15) is 38.6 Å². The maximum Gasteiger partial charge on any atom is 0.247 e. The van der Waals surface area contributed by atoms with Crippen LogP contribution in [0.4, 0.5) is 0 Å². The zero-order chi connectivity index (χ0) is 15.2. The molecule has 6 nitrogen and oxygen atoms in total. The molecule has 0 amide bonds. The molecular formula is C15H21N3O3. The van der Waals surface area contributed by atoms with Crippen LogP contribution in [0.5, 0.6) is 11.5 Å². The summed E-state index contributed by atoms with van der Waals surface area (Å²) in [6.45, 7) is 5.08. The second kappa shape index (κ2) is 7.08. The molecule has 0 spiro atoms. The number of rotatable bonds is 7. The fourth-order valence-corrected chi connectivity index (χ4v) is 2.04. The van der Waals surface area contributed by atoms with E-state index < -0.39 is 0 Å². The second-order valence-corrected chi connectivity index (χ2v) is 4.75. The molecule has 1 aromatic heterocycles. The Hall–Kier alpha value is -2.08. The Morgan fingerprint density at radius 1 is 1.33 bits per heavy atom. The first-order valence-electron chi connectivity index (χ1n) is 7.13. The van der Waals surface area contributed by atoms with Gasteiger partial charge in [-0.05, 0) is 37.6 Å². The minimum Gasteiger partial charge on any atom is -0.504 e. The zero-order valence-corrected chi connectivity index (χ0v) is 12.6. The highest BCUT2D eigenvalue weighted by Gasteiger charge is 2.17. The quantitative estimate of drug-likeness (QED) is 0.816. The Balaban J connectivity index is 2.20. The largest absolute Gasteiger partial charge is 0.504 e. The molecule has 1 atom stereocenters. The Labute approximate surface area is 124 Å². The number of benzene rings is 1. The smallest absolute Gasteiger partial charge is 0.247 e. The van der Waals surface area contributed by atoms with Crippen LogP contribution in [0.3, 0.4) is 0 Å². The van der Waals surface area contributed by atoms with E-state index in [4.69, 9.17) is 9.15 Å². The monoisotopic (exact) mass is 291 g/mol. The third-order valence-corrected chi connectivity index (χ3v) is 3.21. The Bertz CT molecular complexity index is 583. The number of phenols is 1. The van der Waals surface area contributed by atoms with Crippen LogP contribution in [0, 0.1) is 0 Å². The van der Waals surface area contributed by atoms with Crippen molar-refractivity contribution in [3.05, 3.63) is 24.1 Å². The number of ether oxygens (including phenoxy) is 1. The van der Waals surface area contributed by atoms with E-state index in [1.54, 1.807) is 18.2 Å². The summed E-state index contributed by atoms with van der Waals surface area (Å²) in [7, 11) is 1.50. The minimum absolute atomic E-state index is 0.0471. The molecule has 0 fully saturated rings. The normalized spacial score (nSPS) is 12.3. The van der Waals surface area contributed by atoms with Gasteiger partial charge in [-0.3, -0.25) is 0 Å². The lowest BCUT2D eigenvalue weighted by atomic mass is 10.2. The summed E-state index contributed by atoms with van der Waals surface area (Å²) in [6, 6.07) is 5.05. The molecule has 1 unspecified atom stereocenters. The van der Waals surface area contributed by atoms with Crippen molar-refractivity contribution < 1.29 is 14.3 Å². The van der Waals surface area contributed by atoms with E-state index in [1.165, 1.54) is 7.11 Å². The molecule has 2 N–H and O–H groups in total. The number of methoxy groups -OCH3 is 1. The molecule has 1 heterocycles. The topological polar surface area (TPSA) is 80.4 Å². The SMILES string of the molecule is CCCNC(CC)c1nnc(-c2ccc(OC)c(O)c2)o1. The fourth-order valence-electron chi connectivity index (χ4n) is 2.04. The molecule has 0 radical (unpaired) electrons. The zero-order valence-electron chi connectivity index (χ0n) is 12.6. The molecule has 0 bridgehead atoms. The summed E-state index contributed by atoms with van der Waals surface area (Å²) in [6.07, 6.45) is 1.92. The van der Waals surface area contributed by atoms with E-state index in [-0.39, 0.29) is 11.8 Å². The second-order valence-electron chi connectivity index (χ2n) is 4.75.